The minimum atomic E-state index is 0.0843. The summed E-state index contributed by atoms with van der Waals surface area (Å²) in [6.07, 6.45) is 2.81. The van der Waals surface area contributed by atoms with Crippen LogP contribution in [0, 0.1) is 0 Å². The van der Waals surface area contributed by atoms with Crippen LogP contribution in [0.4, 0.5) is 0 Å². The van der Waals surface area contributed by atoms with Crippen molar-refractivity contribution in [1.82, 2.24) is 10.2 Å². The molecule has 4 nitrogen and oxygen atoms in total. The summed E-state index contributed by atoms with van der Waals surface area (Å²) < 4.78 is 0. The summed E-state index contributed by atoms with van der Waals surface area (Å²) in [5.74, 6) is 0.174. The molecule has 0 spiro atoms. The third kappa shape index (κ3) is 3.82. The highest BCUT2D eigenvalue weighted by Gasteiger charge is 2.38. The van der Waals surface area contributed by atoms with E-state index in [0.29, 0.717) is 0 Å². The van der Waals surface area contributed by atoms with Gasteiger partial charge in [0, 0.05) is 37.3 Å². The number of carbonyl (C=O) groups excluding carboxylic acids is 2. The molecule has 1 unspecified atom stereocenters. The second-order valence-corrected chi connectivity index (χ2v) is 6.35. The normalized spacial score (nSPS) is 21.0. The summed E-state index contributed by atoms with van der Waals surface area (Å²) in [5.41, 5.74) is 4.00. The van der Waals surface area contributed by atoms with Gasteiger partial charge in [-0.1, -0.05) is 54.6 Å². The molecule has 2 aromatic rings. The predicted octanol–water partition coefficient (Wildman–Crippen LogP) is 3.12. The fourth-order valence-corrected chi connectivity index (χ4v) is 3.60. The molecule has 0 bridgehead atoms. The van der Waals surface area contributed by atoms with Crippen LogP contribution in [0.25, 0.3) is 6.08 Å². The highest BCUT2D eigenvalue weighted by molar-refractivity contribution is 6.16. The summed E-state index contributed by atoms with van der Waals surface area (Å²) >= 11 is 0. The monoisotopic (exact) mass is 348 g/mol. The van der Waals surface area contributed by atoms with E-state index >= 15 is 0 Å². The smallest absolute Gasteiger partial charge is 0.191 e. The number of rotatable bonds is 2. The molecule has 4 rings (SSSR count). The summed E-state index contributed by atoms with van der Waals surface area (Å²) in [7, 11) is 0. The van der Waals surface area contributed by atoms with Crippen molar-refractivity contribution in [2.75, 3.05) is 26.2 Å². The zero-order valence-electron chi connectivity index (χ0n) is 15.0. The van der Waals surface area contributed by atoms with Crippen molar-refractivity contribution in [1.29, 1.82) is 0 Å². The van der Waals surface area contributed by atoms with Crippen molar-refractivity contribution in [3.63, 3.8) is 0 Å². The molecule has 1 heterocycles. The lowest BCUT2D eigenvalue weighted by Gasteiger charge is -2.33. The first-order valence-corrected chi connectivity index (χ1v) is 9.01. The molecule has 1 N–H and O–H groups in total. The fourth-order valence-electron chi connectivity index (χ4n) is 3.60. The number of benzene rings is 2. The van der Waals surface area contributed by atoms with Crippen molar-refractivity contribution < 1.29 is 9.59 Å². The Kier molecular flexibility index (Phi) is 6.10. The molecule has 2 aliphatic rings. The Balaban J connectivity index is 0.000000613. The number of fused-ring (bicyclic) bond motifs is 1. The van der Waals surface area contributed by atoms with Gasteiger partial charge in [-0.3, -0.25) is 9.69 Å². The number of carbonyl (C=O) groups is 2. The van der Waals surface area contributed by atoms with Gasteiger partial charge in [-0.25, -0.2) is 0 Å². The number of aldehydes is 1. The predicted molar refractivity (Wildman–Crippen MR) is 104 cm³/mol. The standard InChI is InChI=1S/C20H20N2O.C2H4O/c23-20-17-9-5-4-8-16(17)19(22-12-10-21-11-13-22)18(20)14-15-6-2-1-3-7-15;1-2-3/h1-9,14,19,21H,10-13H2;2H,1H3/b18-14+;. The number of hydrogen-bond acceptors (Lipinski definition) is 4. The summed E-state index contributed by atoms with van der Waals surface area (Å²) in [6.45, 7) is 5.34. The molecular weight excluding hydrogens is 324 g/mol. The molecule has 2 aromatic carbocycles. The van der Waals surface area contributed by atoms with Gasteiger partial charge in [0.15, 0.2) is 5.78 Å². The maximum absolute atomic E-state index is 12.9. The molecular formula is C22H24N2O2. The van der Waals surface area contributed by atoms with Crippen LogP contribution in [-0.4, -0.2) is 43.1 Å². The molecule has 0 saturated carbocycles. The fraction of sp³-hybridized carbons (Fsp3) is 0.273. The van der Waals surface area contributed by atoms with E-state index in [9.17, 15) is 4.79 Å². The van der Waals surface area contributed by atoms with Gasteiger partial charge in [0.1, 0.15) is 6.29 Å². The number of nitrogens with zero attached hydrogens (tertiary/aromatic N) is 1. The lowest BCUT2D eigenvalue weighted by atomic mass is 10.0. The van der Waals surface area contributed by atoms with Gasteiger partial charge < -0.3 is 10.1 Å². The molecule has 1 fully saturated rings. The second kappa shape index (κ2) is 8.70. The molecule has 4 heteroatoms. The van der Waals surface area contributed by atoms with Gasteiger partial charge in [0.2, 0.25) is 0 Å². The van der Waals surface area contributed by atoms with E-state index in [2.05, 4.69) is 34.5 Å². The SMILES string of the molecule is CC=O.O=C1/C(=C/c2ccccc2)C(N2CCNCC2)c2ccccc21. The first kappa shape index (κ1) is 18.2. The molecule has 0 aromatic heterocycles. The molecule has 1 saturated heterocycles. The highest BCUT2D eigenvalue weighted by Crippen LogP contribution is 2.40. The van der Waals surface area contributed by atoms with Gasteiger partial charge in [-0.05, 0) is 24.1 Å². The Morgan fingerprint density at radius 1 is 1.00 bits per heavy atom. The average molecular weight is 348 g/mol. The van der Waals surface area contributed by atoms with Gasteiger partial charge in [-0.15, -0.1) is 0 Å². The summed E-state index contributed by atoms with van der Waals surface area (Å²) in [4.78, 5) is 24.2. The third-order valence-corrected chi connectivity index (χ3v) is 4.70. The van der Waals surface area contributed by atoms with Crippen molar-refractivity contribution in [2.45, 2.75) is 13.0 Å². The van der Waals surface area contributed by atoms with Gasteiger partial charge in [0.05, 0.1) is 6.04 Å². The van der Waals surface area contributed by atoms with Crippen LogP contribution in [0.3, 0.4) is 0 Å². The van der Waals surface area contributed by atoms with E-state index < -0.39 is 0 Å². The number of piperazine rings is 1. The molecule has 1 aliphatic heterocycles. The molecule has 0 amide bonds. The molecule has 134 valence electrons. The Labute approximate surface area is 154 Å². The van der Waals surface area contributed by atoms with E-state index in [-0.39, 0.29) is 11.8 Å². The van der Waals surface area contributed by atoms with Gasteiger partial charge in [-0.2, -0.15) is 0 Å². The summed E-state index contributed by atoms with van der Waals surface area (Å²) in [6, 6.07) is 18.3. The zero-order valence-corrected chi connectivity index (χ0v) is 15.0. The van der Waals surface area contributed by atoms with Crippen LogP contribution in [0.5, 0.6) is 0 Å². The number of hydrogen-bond donors (Lipinski definition) is 1. The number of Topliss-reactive ketones (excluding diaryl/α,β-unsaturated/α-hetero) is 1. The third-order valence-electron chi connectivity index (χ3n) is 4.70. The zero-order chi connectivity index (χ0) is 18.4. The summed E-state index contributed by atoms with van der Waals surface area (Å²) in [5, 5.41) is 3.39. The first-order chi connectivity index (χ1) is 12.8. The van der Waals surface area contributed by atoms with Crippen molar-refractivity contribution in [3.05, 3.63) is 76.9 Å². The van der Waals surface area contributed by atoms with Crippen molar-refractivity contribution in [3.8, 4) is 0 Å². The number of ketones is 1. The van der Waals surface area contributed by atoms with Crippen LogP contribution < -0.4 is 5.32 Å². The van der Waals surface area contributed by atoms with Crippen molar-refractivity contribution in [2.24, 2.45) is 0 Å². The van der Waals surface area contributed by atoms with Gasteiger partial charge in [0.25, 0.3) is 0 Å². The van der Waals surface area contributed by atoms with E-state index in [4.69, 9.17) is 4.79 Å². The van der Waals surface area contributed by atoms with E-state index in [1.54, 1.807) is 0 Å². The van der Waals surface area contributed by atoms with Crippen molar-refractivity contribution >= 4 is 18.1 Å². The van der Waals surface area contributed by atoms with Crippen LogP contribution >= 0.6 is 0 Å². The minimum Gasteiger partial charge on any atom is -0.314 e. The van der Waals surface area contributed by atoms with Gasteiger partial charge >= 0.3 is 0 Å². The topological polar surface area (TPSA) is 49.4 Å². The largest absolute Gasteiger partial charge is 0.314 e. The van der Waals surface area contributed by atoms with E-state index in [0.717, 1.165) is 54.7 Å². The highest BCUT2D eigenvalue weighted by atomic mass is 16.1. The maximum Gasteiger partial charge on any atom is 0.191 e. The Hall–Kier alpha value is -2.56. The van der Waals surface area contributed by atoms with Crippen LogP contribution in [0.1, 0.15) is 34.5 Å². The van der Waals surface area contributed by atoms with Crippen LogP contribution in [0.15, 0.2) is 60.2 Å². The molecule has 1 aliphatic carbocycles. The average Bonchev–Trinajstić information content (AvgIpc) is 2.96. The minimum absolute atomic E-state index is 0.0843. The second-order valence-electron chi connectivity index (χ2n) is 6.35. The Morgan fingerprint density at radius 3 is 2.31 bits per heavy atom. The number of nitrogens with one attached hydrogen (secondary N) is 1. The van der Waals surface area contributed by atoms with E-state index in [1.807, 2.05) is 36.4 Å². The Bertz CT molecular complexity index is 793. The Morgan fingerprint density at radius 2 is 1.62 bits per heavy atom. The molecule has 26 heavy (non-hydrogen) atoms. The first-order valence-electron chi connectivity index (χ1n) is 9.01. The maximum atomic E-state index is 12.9. The lowest BCUT2D eigenvalue weighted by Crippen LogP contribution is -2.45. The lowest BCUT2D eigenvalue weighted by molar-refractivity contribution is -0.106. The van der Waals surface area contributed by atoms with E-state index in [1.165, 1.54) is 6.92 Å². The van der Waals surface area contributed by atoms with Crippen LogP contribution in [-0.2, 0) is 4.79 Å². The molecule has 1 atom stereocenters. The van der Waals surface area contributed by atoms with Crippen LogP contribution in [0.2, 0.25) is 0 Å². The quantitative estimate of drug-likeness (QED) is 0.669. The molecule has 0 radical (unpaired) electrons.